The molecule has 1 saturated heterocycles. The number of amides is 1. The van der Waals surface area contributed by atoms with Crippen molar-refractivity contribution < 1.29 is 17.9 Å². The summed E-state index contributed by atoms with van der Waals surface area (Å²) in [6.45, 7) is 4.57. The quantitative estimate of drug-likeness (QED) is 0.655. The molecule has 0 spiro atoms. The van der Waals surface area contributed by atoms with E-state index in [1.54, 1.807) is 11.0 Å². The van der Waals surface area contributed by atoms with Crippen molar-refractivity contribution in [3.05, 3.63) is 29.3 Å². The third-order valence-electron chi connectivity index (χ3n) is 4.41. The van der Waals surface area contributed by atoms with Gasteiger partial charge in [0.05, 0.1) is 11.5 Å². The molecular formula is C17H27N3O4S. The van der Waals surface area contributed by atoms with E-state index < -0.39 is 10.0 Å². The fourth-order valence-corrected chi connectivity index (χ4v) is 4.04. The second-order valence-electron chi connectivity index (χ2n) is 6.33. The van der Waals surface area contributed by atoms with Crippen LogP contribution in [0.3, 0.4) is 0 Å². The van der Waals surface area contributed by atoms with Crippen molar-refractivity contribution in [1.29, 1.82) is 0 Å². The van der Waals surface area contributed by atoms with Gasteiger partial charge in [0.1, 0.15) is 0 Å². The van der Waals surface area contributed by atoms with Gasteiger partial charge in [-0.2, -0.15) is 0 Å². The van der Waals surface area contributed by atoms with Crippen molar-refractivity contribution in [2.45, 2.75) is 18.2 Å². The standard InChI is InChI=1S/C17H27N3O4S/c1-13-4-5-15(25(22,23)19-7-9-24-3)10-16(13)17(21)20-8-6-14(12-20)11-18-2/h4-5,10,14,18-19H,6-9,11-12H2,1-3H3. The zero-order valence-corrected chi connectivity index (χ0v) is 15.9. The zero-order chi connectivity index (χ0) is 18.4. The van der Waals surface area contributed by atoms with Crippen LogP contribution in [0.1, 0.15) is 22.3 Å². The Morgan fingerprint density at radius 1 is 1.40 bits per heavy atom. The Bertz CT molecular complexity index is 706. The molecule has 1 amide bonds. The van der Waals surface area contributed by atoms with Crippen LogP contribution in [0.4, 0.5) is 0 Å². The lowest BCUT2D eigenvalue weighted by Crippen LogP contribution is -2.31. The van der Waals surface area contributed by atoms with E-state index in [1.807, 2.05) is 14.0 Å². The fourth-order valence-electron chi connectivity index (χ4n) is 3.00. The second-order valence-corrected chi connectivity index (χ2v) is 8.10. The van der Waals surface area contributed by atoms with Gasteiger partial charge >= 0.3 is 0 Å². The smallest absolute Gasteiger partial charge is 0.254 e. The van der Waals surface area contributed by atoms with Crippen molar-refractivity contribution in [2.75, 3.05) is 46.9 Å². The van der Waals surface area contributed by atoms with Crippen molar-refractivity contribution in [2.24, 2.45) is 5.92 Å². The maximum Gasteiger partial charge on any atom is 0.254 e. The third-order valence-corrected chi connectivity index (χ3v) is 5.87. The molecule has 0 bridgehead atoms. The van der Waals surface area contributed by atoms with Crippen LogP contribution >= 0.6 is 0 Å². The topological polar surface area (TPSA) is 87.7 Å². The first-order valence-corrected chi connectivity index (χ1v) is 9.90. The average molecular weight is 369 g/mol. The number of aryl methyl sites for hydroxylation is 1. The highest BCUT2D eigenvalue weighted by molar-refractivity contribution is 7.89. The number of sulfonamides is 1. The first kappa shape index (κ1) is 19.8. The molecule has 1 aliphatic heterocycles. The van der Waals surface area contributed by atoms with E-state index in [0.29, 0.717) is 24.6 Å². The lowest BCUT2D eigenvalue weighted by molar-refractivity contribution is 0.0786. The first-order chi connectivity index (χ1) is 11.9. The number of hydrogen-bond acceptors (Lipinski definition) is 5. The number of carbonyl (C=O) groups excluding carboxylic acids is 1. The van der Waals surface area contributed by atoms with Crippen LogP contribution in [0, 0.1) is 12.8 Å². The van der Waals surface area contributed by atoms with Crippen LogP contribution in [0.2, 0.25) is 0 Å². The van der Waals surface area contributed by atoms with E-state index in [2.05, 4.69) is 10.0 Å². The van der Waals surface area contributed by atoms with Crippen LogP contribution in [-0.4, -0.2) is 66.2 Å². The molecule has 1 aromatic carbocycles. The minimum Gasteiger partial charge on any atom is -0.383 e. The molecule has 1 aliphatic rings. The van der Waals surface area contributed by atoms with E-state index in [9.17, 15) is 13.2 Å². The van der Waals surface area contributed by atoms with Crippen LogP contribution in [0.15, 0.2) is 23.1 Å². The lowest BCUT2D eigenvalue weighted by atomic mass is 10.1. The Hall–Kier alpha value is -1.48. The van der Waals surface area contributed by atoms with E-state index >= 15 is 0 Å². The maximum atomic E-state index is 12.8. The number of benzene rings is 1. The third kappa shape index (κ3) is 5.01. The predicted molar refractivity (Wildman–Crippen MR) is 96.2 cm³/mol. The van der Waals surface area contributed by atoms with Gasteiger partial charge in [0.2, 0.25) is 10.0 Å². The lowest BCUT2D eigenvalue weighted by Gasteiger charge is -2.18. The molecule has 0 radical (unpaired) electrons. The number of ether oxygens (including phenoxy) is 1. The highest BCUT2D eigenvalue weighted by Crippen LogP contribution is 2.22. The number of nitrogens with one attached hydrogen (secondary N) is 2. The van der Waals surface area contributed by atoms with Crippen LogP contribution < -0.4 is 10.0 Å². The van der Waals surface area contributed by atoms with E-state index in [1.165, 1.54) is 19.2 Å². The highest BCUT2D eigenvalue weighted by Gasteiger charge is 2.28. The molecule has 0 aliphatic carbocycles. The minimum atomic E-state index is -3.66. The Morgan fingerprint density at radius 2 is 2.16 bits per heavy atom. The van der Waals surface area contributed by atoms with E-state index in [4.69, 9.17) is 4.74 Å². The molecular weight excluding hydrogens is 342 g/mol. The molecule has 2 rings (SSSR count). The van der Waals surface area contributed by atoms with Crippen molar-refractivity contribution in [1.82, 2.24) is 14.9 Å². The van der Waals surface area contributed by atoms with Crippen molar-refractivity contribution in [3.8, 4) is 0 Å². The summed E-state index contributed by atoms with van der Waals surface area (Å²) < 4.78 is 32.0. The van der Waals surface area contributed by atoms with Gasteiger partial charge in [-0.1, -0.05) is 6.07 Å². The Balaban J connectivity index is 2.17. The number of likely N-dealkylation sites (tertiary alicyclic amines) is 1. The van der Waals surface area contributed by atoms with Crippen LogP contribution in [0.25, 0.3) is 0 Å². The van der Waals surface area contributed by atoms with Gasteiger partial charge in [0.25, 0.3) is 5.91 Å². The molecule has 1 fully saturated rings. The molecule has 1 aromatic rings. The Morgan fingerprint density at radius 3 is 2.84 bits per heavy atom. The van der Waals surface area contributed by atoms with Gasteiger partial charge in [-0.3, -0.25) is 4.79 Å². The molecule has 1 atom stereocenters. The first-order valence-electron chi connectivity index (χ1n) is 8.42. The highest BCUT2D eigenvalue weighted by atomic mass is 32.2. The maximum absolute atomic E-state index is 12.8. The summed E-state index contributed by atoms with van der Waals surface area (Å²) >= 11 is 0. The molecule has 8 heteroatoms. The molecule has 1 unspecified atom stereocenters. The Kier molecular flexibility index (Phi) is 6.95. The van der Waals surface area contributed by atoms with Gasteiger partial charge in [0.15, 0.2) is 0 Å². The zero-order valence-electron chi connectivity index (χ0n) is 15.0. The summed E-state index contributed by atoms with van der Waals surface area (Å²) in [5.74, 6) is 0.335. The number of rotatable bonds is 8. The average Bonchev–Trinajstić information content (AvgIpc) is 3.03. The monoisotopic (exact) mass is 369 g/mol. The molecule has 0 saturated carbocycles. The minimum absolute atomic E-state index is 0.100. The summed E-state index contributed by atoms with van der Waals surface area (Å²) in [5.41, 5.74) is 1.22. The number of methoxy groups -OCH3 is 1. The van der Waals surface area contributed by atoms with Gasteiger partial charge in [0, 0.05) is 32.3 Å². The van der Waals surface area contributed by atoms with E-state index in [-0.39, 0.29) is 24.0 Å². The molecule has 140 valence electrons. The summed E-state index contributed by atoms with van der Waals surface area (Å²) in [5, 5.41) is 3.14. The molecule has 0 aromatic heterocycles. The van der Waals surface area contributed by atoms with Gasteiger partial charge in [-0.15, -0.1) is 0 Å². The summed E-state index contributed by atoms with van der Waals surface area (Å²) in [4.78, 5) is 14.7. The normalized spacial score (nSPS) is 17.9. The van der Waals surface area contributed by atoms with Crippen LogP contribution in [-0.2, 0) is 14.8 Å². The molecule has 1 heterocycles. The summed E-state index contributed by atoms with van der Waals surface area (Å²) in [6, 6.07) is 4.67. The molecule has 25 heavy (non-hydrogen) atoms. The van der Waals surface area contributed by atoms with Crippen LogP contribution in [0.5, 0.6) is 0 Å². The number of nitrogens with zero attached hydrogens (tertiary/aromatic N) is 1. The Labute approximate surface area is 149 Å². The molecule has 2 N–H and O–H groups in total. The predicted octanol–water partition coefficient (Wildman–Crippen LogP) is 0.601. The van der Waals surface area contributed by atoms with E-state index in [0.717, 1.165) is 18.5 Å². The number of hydrogen-bond donors (Lipinski definition) is 2. The van der Waals surface area contributed by atoms with Gasteiger partial charge < -0.3 is 15.0 Å². The largest absolute Gasteiger partial charge is 0.383 e. The number of carbonyl (C=O) groups is 1. The van der Waals surface area contributed by atoms with Crippen molar-refractivity contribution >= 4 is 15.9 Å². The summed E-state index contributed by atoms with van der Waals surface area (Å²) in [7, 11) is -0.248. The fraction of sp³-hybridized carbons (Fsp3) is 0.588. The molecule has 7 nitrogen and oxygen atoms in total. The van der Waals surface area contributed by atoms with Crippen molar-refractivity contribution in [3.63, 3.8) is 0 Å². The van der Waals surface area contributed by atoms with Gasteiger partial charge in [-0.25, -0.2) is 13.1 Å². The SMILES string of the molecule is CNCC1CCN(C(=O)c2cc(S(=O)(=O)NCCOC)ccc2C)C1. The van der Waals surface area contributed by atoms with Gasteiger partial charge in [-0.05, 0) is 50.6 Å². The summed E-state index contributed by atoms with van der Waals surface area (Å²) in [6.07, 6.45) is 0.961. The second kappa shape index (κ2) is 8.75.